The van der Waals surface area contributed by atoms with Gasteiger partial charge in [-0.15, -0.1) is 0 Å². The van der Waals surface area contributed by atoms with E-state index in [0.29, 0.717) is 11.9 Å². The van der Waals surface area contributed by atoms with Crippen molar-refractivity contribution in [3.63, 3.8) is 0 Å². The minimum absolute atomic E-state index is 0.121. The quantitative estimate of drug-likeness (QED) is 0.807. The molecule has 0 aromatic heterocycles. The molecule has 2 aliphatic carbocycles. The molecule has 3 nitrogen and oxygen atoms in total. The van der Waals surface area contributed by atoms with Crippen molar-refractivity contribution >= 4 is 5.91 Å². The number of likely N-dealkylation sites (tertiary alicyclic amines) is 1. The van der Waals surface area contributed by atoms with E-state index in [1.54, 1.807) is 0 Å². The van der Waals surface area contributed by atoms with Gasteiger partial charge in [-0.05, 0) is 55.8 Å². The normalized spacial score (nSPS) is 45.2. The number of rotatable bonds is 1. The third-order valence-corrected chi connectivity index (χ3v) is 7.19. The van der Waals surface area contributed by atoms with Crippen LogP contribution in [0.25, 0.3) is 0 Å². The number of nitrogens with one attached hydrogen (secondary N) is 1. The van der Waals surface area contributed by atoms with Crippen molar-refractivity contribution < 1.29 is 4.79 Å². The van der Waals surface area contributed by atoms with E-state index in [0.717, 1.165) is 43.2 Å². The molecule has 0 spiro atoms. The molecule has 0 aromatic rings. The standard InChI is InChI=1S/C19H32N2O/c1-13-5-4-8-15-11-17(20-18(13)15)19(22)21-10-9-14-6-2-3-7-16(14)12-21/h13-18,20H,2-12H2,1H3. The number of hydrogen-bond acceptors (Lipinski definition) is 2. The summed E-state index contributed by atoms with van der Waals surface area (Å²) in [5.41, 5.74) is 0. The molecule has 4 fully saturated rings. The van der Waals surface area contributed by atoms with E-state index in [9.17, 15) is 4.79 Å². The highest BCUT2D eigenvalue weighted by molar-refractivity contribution is 5.82. The van der Waals surface area contributed by atoms with E-state index < -0.39 is 0 Å². The molecule has 1 amide bonds. The molecule has 22 heavy (non-hydrogen) atoms. The Labute approximate surface area is 135 Å². The van der Waals surface area contributed by atoms with Gasteiger partial charge in [-0.25, -0.2) is 0 Å². The van der Waals surface area contributed by atoms with Crippen LogP contribution in [0.3, 0.4) is 0 Å². The number of fused-ring (bicyclic) bond motifs is 2. The molecular formula is C19H32N2O. The van der Waals surface area contributed by atoms with Crippen LogP contribution < -0.4 is 5.32 Å². The summed E-state index contributed by atoms with van der Waals surface area (Å²) < 4.78 is 0. The van der Waals surface area contributed by atoms with Crippen LogP contribution in [0.5, 0.6) is 0 Å². The van der Waals surface area contributed by atoms with E-state index in [1.807, 2.05) is 0 Å². The Balaban J connectivity index is 1.38. The van der Waals surface area contributed by atoms with Crippen LogP contribution in [0.1, 0.15) is 64.7 Å². The van der Waals surface area contributed by atoms with Crippen LogP contribution in [-0.2, 0) is 4.79 Å². The maximum Gasteiger partial charge on any atom is 0.239 e. The maximum atomic E-state index is 13.0. The van der Waals surface area contributed by atoms with E-state index in [1.165, 1.54) is 51.4 Å². The molecular weight excluding hydrogens is 272 g/mol. The second-order valence-electron chi connectivity index (χ2n) is 8.53. The molecule has 2 aliphatic heterocycles. The van der Waals surface area contributed by atoms with Gasteiger partial charge in [0.1, 0.15) is 0 Å². The molecule has 6 atom stereocenters. The first-order valence-corrected chi connectivity index (χ1v) is 9.77. The summed E-state index contributed by atoms with van der Waals surface area (Å²) in [5.74, 6) is 3.64. The van der Waals surface area contributed by atoms with Gasteiger partial charge in [-0.1, -0.05) is 32.6 Å². The summed E-state index contributed by atoms with van der Waals surface area (Å²) in [4.78, 5) is 15.2. The lowest BCUT2D eigenvalue weighted by atomic mass is 9.75. The number of hydrogen-bond donors (Lipinski definition) is 1. The number of carbonyl (C=O) groups excluding carboxylic acids is 1. The largest absolute Gasteiger partial charge is 0.341 e. The molecule has 3 heteroatoms. The maximum absolute atomic E-state index is 13.0. The predicted molar refractivity (Wildman–Crippen MR) is 88.5 cm³/mol. The lowest BCUT2D eigenvalue weighted by Gasteiger charge is -2.42. The molecule has 0 aromatic carbocycles. The molecule has 6 unspecified atom stereocenters. The van der Waals surface area contributed by atoms with Crippen molar-refractivity contribution in [2.24, 2.45) is 23.7 Å². The monoisotopic (exact) mass is 304 g/mol. The molecule has 4 rings (SSSR count). The number of nitrogens with zero attached hydrogens (tertiary/aromatic N) is 1. The molecule has 4 aliphatic rings. The number of carbonyl (C=O) groups is 1. The van der Waals surface area contributed by atoms with Gasteiger partial charge < -0.3 is 10.2 Å². The Morgan fingerprint density at radius 1 is 0.955 bits per heavy atom. The van der Waals surface area contributed by atoms with E-state index in [2.05, 4.69) is 17.1 Å². The first-order valence-electron chi connectivity index (χ1n) is 9.77. The van der Waals surface area contributed by atoms with Gasteiger partial charge in [0, 0.05) is 19.1 Å². The van der Waals surface area contributed by atoms with Crippen molar-refractivity contribution in [3.8, 4) is 0 Å². The van der Waals surface area contributed by atoms with E-state index >= 15 is 0 Å². The average molecular weight is 304 g/mol. The van der Waals surface area contributed by atoms with Crippen LogP contribution in [0.4, 0.5) is 0 Å². The van der Waals surface area contributed by atoms with Crippen molar-refractivity contribution in [3.05, 3.63) is 0 Å². The summed E-state index contributed by atoms with van der Waals surface area (Å²) in [6.45, 7) is 4.43. The molecule has 1 N–H and O–H groups in total. The van der Waals surface area contributed by atoms with Crippen molar-refractivity contribution in [1.29, 1.82) is 0 Å². The highest BCUT2D eigenvalue weighted by atomic mass is 16.2. The Bertz CT molecular complexity index is 424. The summed E-state index contributed by atoms with van der Waals surface area (Å²) in [5, 5.41) is 3.72. The Morgan fingerprint density at radius 3 is 2.55 bits per heavy atom. The lowest BCUT2D eigenvalue weighted by molar-refractivity contribution is -0.136. The first-order chi connectivity index (χ1) is 10.7. The SMILES string of the molecule is CC1CCCC2CC(C(=O)N3CCC4CCCCC4C3)NC12. The van der Waals surface area contributed by atoms with E-state index in [4.69, 9.17) is 0 Å². The summed E-state index contributed by atoms with van der Waals surface area (Å²) in [6.07, 6.45) is 11.9. The van der Waals surface area contributed by atoms with Crippen LogP contribution >= 0.6 is 0 Å². The average Bonchev–Trinajstić information content (AvgIpc) is 2.99. The first kappa shape index (κ1) is 15.0. The topological polar surface area (TPSA) is 32.3 Å². The van der Waals surface area contributed by atoms with Gasteiger partial charge in [0.15, 0.2) is 0 Å². The van der Waals surface area contributed by atoms with Gasteiger partial charge in [0.25, 0.3) is 0 Å². The zero-order chi connectivity index (χ0) is 15.1. The Hall–Kier alpha value is -0.570. The van der Waals surface area contributed by atoms with Crippen molar-refractivity contribution in [2.75, 3.05) is 13.1 Å². The third-order valence-electron chi connectivity index (χ3n) is 7.19. The molecule has 124 valence electrons. The smallest absolute Gasteiger partial charge is 0.239 e. The summed E-state index contributed by atoms with van der Waals surface area (Å²) in [6, 6.07) is 0.727. The van der Waals surface area contributed by atoms with Crippen LogP contribution in [-0.4, -0.2) is 36.0 Å². The highest BCUT2D eigenvalue weighted by Gasteiger charge is 2.43. The lowest BCUT2D eigenvalue weighted by Crippen LogP contribution is -2.51. The van der Waals surface area contributed by atoms with Crippen LogP contribution in [0.2, 0.25) is 0 Å². The second-order valence-corrected chi connectivity index (χ2v) is 8.53. The third kappa shape index (κ3) is 2.70. The van der Waals surface area contributed by atoms with Gasteiger partial charge in [-0.3, -0.25) is 4.79 Å². The zero-order valence-corrected chi connectivity index (χ0v) is 14.1. The molecule has 2 saturated heterocycles. The summed E-state index contributed by atoms with van der Waals surface area (Å²) in [7, 11) is 0. The van der Waals surface area contributed by atoms with E-state index in [-0.39, 0.29) is 6.04 Å². The molecule has 0 radical (unpaired) electrons. The minimum Gasteiger partial charge on any atom is -0.341 e. The molecule has 2 saturated carbocycles. The Kier molecular flexibility index (Phi) is 4.19. The summed E-state index contributed by atoms with van der Waals surface area (Å²) >= 11 is 0. The molecule has 0 bridgehead atoms. The van der Waals surface area contributed by atoms with Crippen molar-refractivity contribution in [2.45, 2.75) is 76.8 Å². The predicted octanol–water partition coefficient (Wildman–Crippen LogP) is 3.19. The van der Waals surface area contributed by atoms with Crippen molar-refractivity contribution in [1.82, 2.24) is 10.2 Å². The fourth-order valence-electron chi connectivity index (χ4n) is 5.89. The Morgan fingerprint density at radius 2 is 1.73 bits per heavy atom. The highest BCUT2D eigenvalue weighted by Crippen LogP contribution is 2.39. The fraction of sp³-hybridized carbons (Fsp3) is 0.947. The minimum atomic E-state index is 0.121. The van der Waals surface area contributed by atoms with Gasteiger partial charge >= 0.3 is 0 Å². The molecule has 2 heterocycles. The van der Waals surface area contributed by atoms with Gasteiger partial charge in [0.05, 0.1) is 6.04 Å². The van der Waals surface area contributed by atoms with Gasteiger partial charge in [-0.2, -0.15) is 0 Å². The number of amides is 1. The number of piperidine rings is 1. The fourth-order valence-corrected chi connectivity index (χ4v) is 5.89. The van der Waals surface area contributed by atoms with Crippen LogP contribution in [0, 0.1) is 23.7 Å². The van der Waals surface area contributed by atoms with Crippen LogP contribution in [0.15, 0.2) is 0 Å². The second kappa shape index (κ2) is 6.14. The van der Waals surface area contributed by atoms with Gasteiger partial charge in [0.2, 0.25) is 5.91 Å². The zero-order valence-electron chi connectivity index (χ0n) is 14.1.